The van der Waals surface area contributed by atoms with Crippen LogP contribution in [0.2, 0.25) is 0 Å². The summed E-state index contributed by atoms with van der Waals surface area (Å²) in [5.74, 6) is 0.289. The molecule has 0 aliphatic heterocycles. The van der Waals surface area contributed by atoms with Crippen molar-refractivity contribution >= 4 is 27.7 Å². The summed E-state index contributed by atoms with van der Waals surface area (Å²) >= 11 is 3.27. The van der Waals surface area contributed by atoms with E-state index in [1.54, 1.807) is 12.3 Å². The Bertz CT molecular complexity index is 387. The van der Waals surface area contributed by atoms with Gasteiger partial charge in [-0.2, -0.15) is 0 Å². The molecule has 1 aromatic heterocycles. The molecule has 0 aromatic carbocycles. The summed E-state index contributed by atoms with van der Waals surface area (Å²) in [5.41, 5.74) is 0.458. The third kappa shape index (κ3) is 4.30. The number of carbonyl (C=O) groups excluding carboxylic acids is 1. The van der Waals surface area contributed by atoms with Crippen molar-refractivity contribution in [3.05, 3.63) is 22.3 Å². The van der Waals surface area contributed by atoms with E-state index in [4.69, 9.17) is 0 Å². The van der Waals surface area contributed by atoms with Gasteiger partial charge < -0.3 is 10.6 Å². The molecule has 0 saturated carbocycles. The standard InChI is InChI=1S/C11H15BrFN3O/c1-2-14-10-9(6-8(12)7-16-10)11(17)15-5-3-4-13/h6-7H,2-5H2,1H3,(H,14,16)(H,15,17). The Kier molecular flexibility index (Phi) is 5.90. The Balaban J connectivity index is 2.78. The number of nitrogens with one attached hydrogen (secondary N) is 2. The van der Waals surface area contributed by atoms with Gasteiger partial charge in [-0.25, -0.2) is 4.98 Å². The van der Waals surface area contributed by atoms with Crippen molar-refractivity contribution in [1.29, 1.82) is 0 Å². The number of hydrogen-bond acceptors (Lipinski definition) is 3. The van der Waals surface area contributed by atoms with Crippen LogP contribution in [-0.4, -0.2) is 30.7 Å². The number of rotatable bonds is 6. The fourth-order valence-corrected chi connectivity index (χ4v) is 1.62. The van der Waals surface area contributed by atoms with Crippen molar-refractivity contribution in [3.63, 3.8) is 0 Å². The molecule has 0 bridgehead atoms. The molecule has 1 heterocycles. The minimum atomic E-state index is -0.433. The van der Waals surface area contributed by atoms with Crippen LogP contribution in [0.5, 0.6) is 0 Å². The number of pyridine rings is 1. The summed E-state index contributed by atoms with van der Waals surface area (Å²) in [6.07, 6.45) is 1.94. The van der Waals surface area contributed by atoms with Gasteiger partial charge in [0.2, 0.25) is 0 Å². The third-order valence-corrected chi connectivity index (χ3v) is 2.47. The van der Waals surface area contributed by atoms with E-state index in [9.17, 15) is 9.18 Å². The summed E-state index contributed by atoms with van der Waals surface area (Å²) in [4.78, 5) is 16.0. The monoisotopic (exact) mass is 303 g/mol. The molecule has 2 N–H and O–H groups in total. The lowest BCUT2D eigenvalue weighted by atomic mass is 10.2. The van der Waals surface area contributed by atoms with Gasteiger partial charge in [0.1, 0.15) is 5.82 Å². The van der Waals surface area contributed by atoms with Gasteiger partial charge in [0.15, 0.2) is 0 Å². The summed E-state index contributed by atoms with van der Waals surface area (Å²) in [7, 11) is 0. The second-order valence-electron chi connectivity index (χ2n) is 3.38. The molecular formula is C11H15BrFN3O. The van der Waals surface area contributed by atoms with Gasteiger partial charge in [-0.05, 0) is 35.3 Å². The lowest BCUT2D eigenvalue weighted by Gasteiger charge is -2.10. The highest BCUT2D eigenvalue weighted by molar-refractivity contribution is 9.10. The Morgan fingerprint density at radius 3 is 3.00 bits per heavy atom. The van der Waals surface area contributed by atoms with Crippen molar-refractivity contribution in [2.75, 3.05) is 25.1 Å². The number of aromatic nitrogens is 1. The predicted octanol–water partition coefficient (Wildman–Crippen LogP) is 2.37. The molecule has 1 rings (SSSR count). The van der Waals surface area contributed by atoms with Gasteiger partial charge >= 0.3 is 0 Å². The molecule has 94 valence electrons. The van der Waals surface area contributed by atoms with Crippen molar-refractivity contribution < 1.29 is 9.18 Å². The number of amides is 1. The molecule has 0 aliphatic rings. The lowest BCUT2D eigenvalue weighted by molar-refractivity contribution is 0.0953. The van der Waals surface area contributed by atoms with E-state index in [0.717, 1.165) is 4.47 Å². The van der Waals surface area contributed by atoms with E-state index in [2.05, 4.69) is 31.5 Å². The largest absolute Gasteiger partial charge is 0.370 e. The topological polar surface area (TPSA) is 54.0 Å². The number of halogens is 2. The van der Waals surface area contributed by atoms with Crippen molar-refractivity contribution in [2.45, 2.75) is 13.3 Å². The third-order valence-electron chi connectivity index (χ3n) is 2.04. The van der Waals surface area contributed by atoms with E-state index in [1.165, 1.54) is 0 Å². The van der Waals surface area contributed by atoms with Crippen LogP contribution >= 0.6 is 15.9 Å². The van der Waals surface area contributed by atoms with Gasteiger partial charge in [-0.1, -0.05) is 0 Å². The number of anilines is 1. The quantitative estimate of drug-likeness (QED) is 0.793. The zero-order valence-corrected chi connectivity index (χ0v) is 11.2. The van der Waals surface area contributed by atoms with Crippen molar-refractivity contribution in [2.24, 2.45) is 0 Å². The minimum absolute atomic E-state index is 0.247. The van der Waals surface area contributed by atoms with E-state index < -0.39 is 6.67 Å². The van der Waals surface area contributed by atoms with E-state index >= 15 is 0 Å². The molecule has 1 amide bonds. The summed E-state index contributed by atoms with van der Waals surface area (Å²) < 4.78 is 12.7. The first kappa shape index (κ1) is 13.9. The number of carbonyl (C=O) groups is 1. The van der Waals surface area contributed by atoms with Crippen LogP contribution in [0.1, 0.15) is 23.7 Å². The average Bonchev–Trinajstić information content (AvgIpc) is 2.32. The molecule has 0 unspecified atom stereocenters. The Morgan fingerprint density at radius 1 is 1.59 bits per heavy atom. The number of nitrogens with zero attached hydrogens (tertiary/aromatic N) is 1. The van der Waals surface area contributed by atoms with Crippen LogP contribution in [-0.2, 0) is 0 Å². The molecule has 17 heavy (non-hydrogen) atoms. The fourth-order valence-electron chi connectivity index (χ4n) is 1.28. The first-order chi connectivity index (χ1) is 8.19. The maximum atomic E-state index is 11.9. The highest BCUT2D eigenvalue weighted by Gasteiger charge is 2.12. The molecule has 4 nitrogen and oxygen atoms in total. The molecule has 0 aliphatic carbocycles. The normalized spacial score (nSPS) is 10.1. The van der Waals surface area contributed by atoms with E-state index in [1.807, 2.05) is 6.92 Å². The number of alkyl halides is 1. The Labute approximate surface area is 108 Å². The lowest BCUT2D eigenvalue weighted by Crippen LogP contribution is -2.26. The highest BCUT2D eigenvalue weighted by Crippen LogP contribution is 2.17. The van der Waals surface area contributed by atoms with Gasteiger partial charge in [0.05, 0.1) is 12.2 Å². The molecular weight excluding hydrogens is 289 g/mol. The first-order valence-corrected chi connectivity index (χ1v) is 6.22. The minimum Gasteiger partial charge on any atom is -0.370 e. The van der Waals surface area contributed by atoms with Gasteiger partial charge in [0, 0.05) is 23.8 Å². The molecule has 0 fully saturated rings. The Morgan fingerprint density at radius 2 is 2.35 bits per heavy atom. The van der Waals surface area contributed by atoms with Crippen LogP contribution in [0.25, 0.3) is 0 Å². The zero-order valence-electron chi connectivity index (χ0n) is 9.59. The molecule has 0 saturated heterocycles. The van der Waals surface area contributed by atoms with Crippen LogP contribution in [0, 0.1) is 0 Å². The van der Waals surface area contributed by atoms with Crippen LogP contribution in [0.3, 0.4) is 0 Å². The maximum absolute atomic E-state index is 11.9. The highest BCUT2D eigenvalue weighted by atomic mass is 79.9. The van der Waals surface area contributed by atoms with E-state index in [-0.39, 0.29) is 5.91 Å². The van der Waals surface area contributed by atoms with Gasteiger partial charge in [-0.15, -0.1) is 0 Å². The molecule has 1 aromatic rings. The van der Waals surface area contributed by atoms with Gasteiger partial charge in [0.25, 0.3) is 5.91 Å². The second kappa shape index (κ2) is 7.21. The SMILES string of the molecule is CCNc1ncc(Br)cc1C(=O)NCCCF. The zero-order chi connectivity index (χ0) is 12.7. The molecule has 0 spiro atoms. The first-order valence-electron chi connectivity index (χ1n) is 5.42. The average molecular weight is 304 g/mol. The molecule has 0 atom stereocenters. The number of hydrogen-bond donors (Lipinski definition) is 2. The van der Waals surface area contributed by atoms with E-state index in [0.29, 0.717) is 30.9 Å². The smallest absolute Gasteiger partial charge is 0.255 e. The summed E-state index contributed by atoms with van der Waals surface area (Å²) in [6.45, 7) is 2.50. The maximum Gasteiger partial charge on any atom is 0.255 e. The van der Waals surface area contributed by atoms with Crippen molar-refractivity contribution in [3.8, 4) is 0 Å². The van der Waals surface area contributed by atoms with Crippen LogP contribution in [0.4, 0.5) is 10.2 Å². The molecule has 0 radical (unpaired) electrons. The van der Waals surface area contributed by atoms with Crippen LogP contribution < -0.4 is 10.6 Å². The van der Waals surface area contributed by atoms with Crippen molar-refractivity contribution in [1.82, 2.24) is 10.3 Å². The van der Waals surface area contributed by atoms with Gasteiger partial charge in [-0.3, -0.25) is 9.18 Å². The van der Waals surface area contributed by atoms with Crippen LogP contribution in [0.15, 0.2) is 16.7 Å². The Hall–Kier alpha value is -1.17. The second-order valence-corrected chi connectivity index (χ2v) is 4.29. The predicted molar refractivity (Wildman–Crippen MR) is 69.0 cm³/mol. The summed E-state index contributed by atoms with van der Waals surface area (Å²) in [5, 5.41) is 5.65. The summed E-state index contributed by atoms with van der Waals surface area (Å²) in [6, 6.07) is 1.69. The fraction of sp³-hybridized carbons (Fsp3) is 0.455. The molecule has 6 heteroatoms.